The summed E-state index contributed by atoms with van der Waals surface area (Å²) in [6, 6.07) is 0.589. The van der Waals surface area contributed by atoms with Crippen LogP contribution in [0.25, 0.3) is 0 Å². The molecule has 2 saturated carbocycles. The smallest absolute Gasteiger partial charge is 0.203 e. The lowest BCUT2D eigenvalue weighted by molar-refractivity contribution is 0.121. The van der Waals surface area contributed by atoms with E-state index in [1.54, 1.807) is 0 Å². The third-order valence-electron chi connectivity index (χ3n) is 6.57. The molecule has 2 fully saturated rings. The first-order valence-electron chi connectivity index (χ1n) is 9.95. The van der Waals surface area contributed by atoms with Gasteiger partial charge in [0.2, 0.25) is 11.6 Å². The monoisotopic (exact) mass is 372 g/mol. The summed E-state index contributed by atoms with van der Waals surface area (Å²) in [6.07, 6.45) is 10.9. The van der Waals surface area contributed by atoms with E-state index < -0.39 is 29.0 Å². The third kappa shape index (κ3) is 4.34. The van der Waals surface area contributed by atoms with E-state index in [1.165, 1.54) is 32.1 Å². The average Bonchev–Trinajstić information content (AvgIpc) is 2.68. The van der Waals surface area contributed by atoms with Gasteiger partial charge in [0, 0.05) is 6.07 Å². The first-order chi connectivity index (χ1) is 12.5. The SMILES string of the molecule is CCC1CCC(C2CCC(COc3cc(F)c(F)c(F)c3F)CC2)CC1. The number of ether oxygens (including phenoxy) is 1. The lowest BCUT2D eigenvalue weighted by atomic mass is 9.69. The Bertz CT molecular complexity index is 603. The predicted molar refractivity (Wildman–Crippen MR) is 93.0 cm³/mol. The van der Waals surface area contributed by atoms with Crippen LogP contribution in [0.2, 0.25) is 0 Å². The first-order valence-corrected chi connectivity index (χ1v) is 9.95. The van der Waals surface area contributed by atoms with E-state index in [1.807, 2.05) is 0 Å². The lowest BCUT2D eigenvalue weighted by Crippen LogP contribution is -2.27. The molecule has 2 aliphatic carbocycles. The summed E-state index contributed by atoms with van der Waals surface area (Å²) < 4.78 is 58.4. The number of halogens is 4. The molecule has 1 nitrogen and oxygen atoms in total. The minimum Gasteiger partial charge on any atom is -0.490 e. The van der Waals surface area contributed by atoms with Crippen LogP contribution >= 0.6 is 0 Å². The van der Waals surface area contributed by atoms with Crippen molar-refractivity contribution >= 4 is 0 Å². The molecule has 0 radical (unpaired) electrons. The van der Waals surface area contributed by atoms with E-state index in [2.05, 4.69) is 6.92 Å². The van der Waals surface area contributed by atoms with E-state index >= 15 is 0 Å². The summed E-state index contributed by atoms with van der Waals surface area (Å²) in [6.45, 7) is 2.49. The van der Waals surface area contributed by atoms with E-state index in [0.29, 0.717) is 6.07 Å². The molecule has 2 aliphatic rings. The van der Waals surface area contributed by atoms with Crippen LogP contribution in [0.1, 0.15) is 64.7 Å². The molecule has 0 aliphatic heterocycles. The standard InChI is InChI=1S/C21H28F4O/c1-2-13-3-7-15(8-4-13)16-9-5-14(6-10-16)12-26-18-11-17(22)19(23)21(25)20(18)24/h11,13-16H,2-10,12H2,1H3. The second-order valence-corrected chi connectivity index (χ2v) is 8.08. The largest absolute Gasteiger partial charge is 0.490 e. The molecule has 0 N–H and O–H groups in total. The molecule has 5 heteroatoms. The Morgan fingerprint density at radius 2 is 1.31 bits per heavy atom. The van der Waals surface area contributed by atoms with Gasteiger partial charge in [-0.05, 0) is 62.2 Å². The van der Waals surface area contributed by atoms with Gasteiger partial charge in [0.05, 0.1) is 6.61 Å². The summed E-state index contributed by atoms with van der Waals surface area (Å²) >= 11 is 0. The predicted octanol–water partition coefficient (Wildman–Crippen LogP) is 6.64. The quantitative estimate of drug-likeness (QED) is 0.320. The summed E-state index contributed by atoms with van der Waals surface area (Å²) in [7, 11) is 0. The van der Waals surface area contributed by atoms with Crippen LogP contribution in [0.5, 0.6) is 5.75 Å². The highest BCUT2D eigenvalue weighted by Crippen LogP contribution is 2.42. The molecule has 0 bridgehead atoms. The molecule has 0 heterocycles. The molecule has 3 rings (SSSR count). The molecule has 1 aromatic rings. The molecule has 146 valence electrons. The fourth-order valence-corrected chi connectivity index (χ4v) is 4.76. The van der Waals surface area contributed by atoms with Crippen LogP contribution in [0, 0.1) is 46.9 Å². The number of hydrogen-bond donors (Lipinski definition) is 0. The molecule has 0 saturated heterocycles. The molecule has 0 atom stereocenters. The highest BCUT2D eigenvalue weighted by atomic mass is 19.2. The van der Waals surface area contributed by atoms with Gasteiger partial charge in [-0.3, -0.25) is 0 Å². The second-order valence-electron chi connectivity index (χ2n) is 8.08. The maximum absolute atomic E-state index is 13.7. The molecule has 26 heavy (non-hydrogen) atoms. The van der Waals surface area contributed by atoms with Crippen LogP contribution in [0.4, 0.5) is 17.6 Å². The van der Waals surface area contributed by atoms with Crippen molar-refractivity contribution in [3.8, 4) is 5.75 Å². The van der Waals surface area contributed by atoms with Crippen LogP contribution < -0.4 is 4.74 Å². The zero-order valence-electron chi connectivity index (χ0n) is 15.4. The van der Waals surface area contributed by atoms with E-state index in [9.17, 15) is 17.6 Å². The van der Waals surface area contributed by atoms with Crippen molar-refractivity contribution in [1.29, 1.82) is 0 Å². The number of rotatable bonds is 5. The van der Waals surface area contributed by atoms with Gasteiger partial charge in [0.25, 0.3) is 0 Å². The zero-order valence-corrected chi connectivity index (χ0v) is 15.4. The molecule has 1 aromatic carbocycles. The summed E-state index contributed by atoms with van der Waals surface area (Å²) in [5.41, 5.74) is 0. The van der Waals surface area contributed by atoms with Gasteiger partial charge in [0.1, 0.15) is 0 Å². The number of hydrogen-bond acceptors (Lipinski definition) is 1. The number of benzene rings is 1. The Morgan fingerprint density at radius 3 is 1.85 bits per heavy atom. The van der Waals surface area contributed by atoms with Crippen molar-refractivity contribution in [3.05, 3.63) is 29.3 Å². The van der Waals surface area contributed by atoms with Crippen LogP contribution in [-0.4, -0.2) is 6.61 Å². The third-order valence-corrected chi connectivity index (χ3v) is 6.57. The van der Waals surface area contributed by atoms with Gasteiger partial charge in [-0.2, -0.15) is 4.39 Å². The van der Waals surface area contributed by atoms with Crippen molar-refractivity contribution in [2.24, 2.45) is 23.7 Å². The molecular formula is C21H28F4O. The van der Waals surface area contributed by atoms with Gasteiger partial charge >= 0.3 is 0 Å². The normalized spacial score (nSPS) is 29.6. The van der Waals surface area contributed by atoms with Crippen molar-refractivity contribution in [3.63, 3.8) is 0 Å². The topological polar surface area (TPSA) is 9.23 Å². The Labute approximate surface area is 153 Å². The van der Waals surface area contributed by atoms with Crippen LogP contribution in [0.15, 0.2) is 6.07 Å². The van der Waals surface area contributed by atoms with E-state index in [0.717, 1.165) is 43.4 Å². The maximum atomic E-state index is 13.7. The Morgan fingerprint density at radius 1 is 0.769 bits per heavy atom. The van der Waals surface area contributed by atoms with Gasteiger partial charge < -0.3 is 4.74 Å². The molecular weight excluding hydrogens is 344 g/mol. The molecule has 0 amide bonds. The maximum Gasteiger partial charge on any atom is 0.203 e. The fourth-order valence-electron chi connectivity index (χ4n) is 4.76. The van der Waals surface area contributed by atoms with Crippen molar-refractivity contribution in [1.82, 2.24) is 0 Å². The van der Waals surface area contributed by atoms with Gasteiger partial charge in [0.15, 0.2) is 17.4 Å². The Balaban J connectivity index is 1.46. The molecule has 0 spiro atoms. The Hall–Kier alpha value is -1.26. The lowest BCUT2D eigenvalue weighted by Gasteiger charge is -2.37. The minimum atomic E-state index is -1.81. The summed E-state index contributed by atoms with van der Waals surface area (Å²) in [5, 5.41) is 0. The zero-order chi connectivity index (χ0) is 18.7. The van der Waals surface area contributed by atoms with Crippen LogP contribution in [0.3, 0.4) is 0 Å². The molecule has 0 aromatic heterocycles. The highest BCUT2D eigenvalue weighted by Gasteiger charge is 2.31. The van der Waals surface area contributed by atoms with E-state index in [-0.39, 0.29) is 12.5 Å². The van der Waals surface area contributed by atoms with E-state index in [4.69, 9.17) is 4.74 Å². The van der Waals surface area contributed by atoms with Gasteiger partial charge in [-0.25, -0.2) is 13.2 Å². The molecule has 0 unspecified atom stereocenters. The fraction of sp³-hybridized carbons (Fsp3) is 0.714. The van der Waals surface area contributed by atoms with Crippen molar-refractivity contribution in [2.75, 3.05) is 6.61 Å². The van der Waals surface area contributed by atoms with Crippen LogP contribution in [-0.2, 0) is 0 Å². The average molecular weight is 372 g/mol. The van der Waals surface area contributed by atoms with Gasteiger partial charge in [-0.15, -0.1) is 0 Å². The Kier molecular flexibility index (Phi) is 6.46. The second kappa shape index (κ2) is 8.62. The summed E-state index contributed by atoms with van der Waals surface area (Å²) in [4.78, 5) is 0. The minimum absolute atomic E-state index is 0.219. The van der Waals surface area contributed by atoms with Gasteiger partial charge in [-0.1, -0.05) is 26.2 Å². The van der Waals surface area contributed by atoms with Crippen molar-refractivity contribution < 1.29 is 22.3 Å². The van der Waals surface area contributed by atoms with Crippen molar-refractivity contribution in [2.45, 2.75) is 64.7 Å². The highest BCUT2D eigenvalue weighted by molar-refractivity contribution is 5.27. The summed E-state index contributed by atoms with van der Waals surface area (Å²) in [5.74, 6) is -4.27. The first kappa shape index (κ1) is 19.5.